The summed E-state index contributed by atoms with van der Waals surface area (Å²) in [6.45, 7) is 0.0418. The van der Waals surface area contributed by atoms with Crippen LogP contribution in [0.15, 0.2) is 24.3 Å². The minimum atomic E-state index is -0.252. The molecule has 0 bridgehead atoms. The maximum Gasteiger partial charge on any atom is 0.256 e. The number of anilines is 1. The van der Waals surface area contributed by atoms with Gasteiger partial charge in [0.15, 0.2) is 0 Å². The molecule has 18 heavy (non-hydrogen) atoms. The highest BCUT2D eigenvalue weighted by Gasteiger charge is 2.17. The van der Waals surface area contributed by atoms with Crippen molar-refractivity contribution in [2.24, 2.45) is 0 Å². The molecule has 0 aliphatic carbocycles. The van der Waals surface area contributed by atoms with Crippen LogP contribution < -0.4 is 5.73 Å². The summed E-state index contributed by atoms with van der Waals surface area (Å²) in [6, 6.07) is 6.81. The highest BCUT2D eigenvalue weighted by molar-refractivity contribution is 6.00. The van der Waals surface area contributed by atoms with E-state index in [1.165, 1.54) is 9.80 Å². The molecular weight excluding hydrogens is 254 g/mol. The number of nitrogens with two attached hydrogens (primary N) is 1. The third kappa shape index (κ3) is 3.92. The van der Waals surface area contributed by atoms with Crippen LogP contribution in [0.3, 0.4) is 0 Å². The normalized spacial score (nSPS) is 9.28. The highest BCUT2D eigenvalue weighted by atomic mass is 35.5. The first kappa shape index (κ1) is 16.2. The van der Waals surface area contributed by atoms with Crippen LogP contribution in [0.1, 0.15) is 10.4 Å². The van der Waals surface area contributed by atoms with Crippen LogP contribution in [0.25, 0.3) is 0 Å². The minimum absolute atomic E-state index is 0. The van der Waals surface area contributed by atoms with E-state index in [1.807, 2.05) is 0 Å². The summed E-state index contributed by atoms with van der Waals surface area (Å²) in [5, 5.41) is 0. The number of hydrogen-bond acceptors (Lipinski definition) is 3. The van der Waals surface area contributed by atoms with E-state index in [9.17, 15) is 9.59 Å². The van der Waals surface area contributed by atoms with Gasteiger partial charge < -0.3 is 15.5 Å². The van der Waals surface area contributed by atoms with Crippen molar-refractivity contribution in [1.29, 1.82) is 0 Å². The molecule has 1 aromatic rings. The van der Waals surface area contributed by atoms with E-state index in [-0.39, 0.29) is 30.8 Å². The number of nitrogen functional groups attached to an aromatic ring is 1. The van der Waals surface area contributed by atoms with Gasteiger partial charge in [-0.15, -0.1) is 12.4 Å². The Morgan fingerprint density at radius 1 is 1.17 bits per heavy atom. The molecule has 0 saturated carbocycles. The summed E-state index contributed by atoms with van der Waals surface area (Å²) in [7, 11) is 4.88. The topological polar surface area (TPSA) is 66.6 Å². The zero-order valence-electron chi connectivity index (χ0n) is 10.7. The summed E-state index contributed by atoms with van der Waals surface area (Å²) < 4.78 is 0. The lowest BCUT2D eigenvalue weighted by Gasteiger charge is -2.19. The molecule has 0 spiro atoms. The second kappa shape index (κ2) is 6.86. The Labute approximate surface area is 113 Å². The molecule has 0 saturated heterocycles. The Kier molecular flexibility index (Phi) is 6.19. The number of amides is 2. The van der Waals surface area contributed by atoms with E-state index in [0.717, 1.165) is 0 Å². The SMILES string of the molecule is CN(C)C(=O)CN(C)C(=O)c1ccccc1N.Cl. The van der Waals surface area contributed by atoms with E-state index >= 15 is 0 Å². The lowest BCUT2D eigenvalue weighted by atomic mass is 10.1. The van der Waals surface area contributed by atoms with Gasteiger partial charge in [0.25, 0.3) is 5.91 Å². The number of carbonyl (C=O) groups excluding carboxylic acids is 2. The van der Waals surface area contributed by atoms with Crippen molar-refractivity contribution in [3.05, 3.63) is 29.8 Å². The van der Waals surface area contributed by atoms with Gasteiger partial charge >= 0.3 is 0 Å². The lowest BCUT2D eigenvalue weighted by molar-refractivity contribution is -0.129. The van der Waals surface area contributed by atoms with Gasteiger partial charge in [0, 0.05) is 26.8 Å². The number of benzene rings is 1. The number of para-hydroxylation sites is 1. The highest BCUT2D eigenvalue weighted by Crippen LogP contribution is 2.12. The van der Waals surface area contributed by atoms with E-state index in [0.29, 0.717) is 11.3 Å². The third-order valence-electron chi connectivity index (χ3n) is 2.41. The van der Waals surface area contributed by atoms with Gasteiger partial charge in [-0.1, -0.05) is 12.1 Å². The van der Waals surface area contributed by atoms with Crippen LogP contribution in [0.2, 0.25) is 0 Å². The number of halogens is 1. The maximum absolute atomic E-state index is 12.0. The first-order chi connectivity index (χ1) is 7.93. The molecule has 100 valence electrons. The summed E-state index contributed by atoms with van der Waals surface area (Å²) in [4.78, 5) is 26.3. The maximum atomic E-state index is 12.0. The average Bonchev–Trinajstić information content (AvgIpc) is 2.28. The molecule has 0 atom stereocenters. The predicted octanol–water partition coefficient (Wildman–Crippen LogP) is 0.851. The molecule has 0 unspecified atom stereocenters. The fraction of sp³-hybridized carbons (Fsp3) is 0.333. The van der Waals surface area contributed by atoms with Crippen molar-refractivity contribution in [2.45, 2.75) is 0 Å². The summed E-state index contributed by atoms with van der Waals surface area (Å²) in [5.41, 5.74) is 6.54. The van der Waals surface area contributed by atoms with Crippen molar-refractivity contribution >= 4 is 29.9 Å². The molecular formula is C12H18ClN3O2. The smallest absolute Gasteiger partial charge is 0.256 e. The molecule has 0 fully saturated rings. The van der Waals surface area contributed by atoms with Crippen molar-refractivity contribution in [1.82, 2.24) is 9.80 Å². The van der Waals surface area contributed by atoms with Crippen LogP contribution in [0.4, 0.5) is 5.69 Å². The standard InChI is InChI=1S/C12H17N3O2.ClH/c1-14(2)11(16)8-15(3)12(17)9-6-4-5-7-10(9)13;/h4-7H,8,13H2,1-3H3;1H. The molecule has 6 heteroatoms. The molecule has 0 radical (unpaired) electrons. The number of likely N-dealkylation sites (N-methyl/N-ethyl adjacent to an activating group) is 2. The second-order valence-electron chi connectivity index (χ2n) is 4.04. The quantitative estimate of drug-likeness (QED) is 0.829. The predicted molar refractivity (Wildman–Crippen MR) is 73.8 cm³/mol. The molecule has 0 aliphatic heterocycles. The van der Waals surface area contributed by atoms with Gasteiger partial charge in [0.1, 0.15) is 0 Å². The van der Waals surface area contributed by atoms with Crippen LogP contribution in [0, 0.1) is 0 Å². The zero-order valence-corrected chi connectivity index (χ0v) is 11.5. The molecule has 0 heterocycles. The van der Waals surface area contributed by atoms with Crippen molar-refractivity contribution in [3.63, 3.8) is 0 Å². The molecule has 2 amide bonds. The van der Waals surface area contributed by atoms with Crippen molar-refractivity contribution in [2.75, 3.05) is 33.4 Å². The largest absolute Gasteiger partial charge is 0.398 e. The Balaban J connectivity index is 0.00000289. The molecule has 0 aromatic heterocycles. The molecule has 1 rings (SSSR count). The Morgan fingerprint density at radius 2 is 1.72 bits per heavy atom. The van der Waals surface area contributed by atoms with Gasteiger partial charge in [-0.25, -0.2) is 0 Å². The fourth-order valence-corrected chi connectivity index (χ4v) is 1.31. The molecule has 5 nitrogen and oxygen atoms in total. The van der Waals surface area contributed by atoms with Crippen molar-refractivity contribution < 1.29 is 9.59 Å². The number of carbonyl (C=O) groups is 2. The number of hydrogen-bond donors (Lipinski definition) is 1. The van der Waals surface area contributed by atoms with Crippen LogP contribution in [-0.4, -0.2) is 49.3 Å². The van der Waals surface area contributed by atoms with Crippen molar-refractivity contribution in [3.8, 4) is 0 Å². The van der Waals surface area contributed by atoms with Crippen LogP contribution in [-0.2, 0) is 4.79 Å². The van der Waals surface area contributed by atoms with Gasteiger partial charge in [0.2, 0.25) is 5.91 Å². The van der Waals surface area contributed by atoms with E-state index in [1.54, 1.807) is 45.4 Å². The summed E-state index contributed by atoms with van der Waals surface area (Å²) in [5.74, 6) is -0.381. The monoisotopic (exact) mass is 271 g/mol. The van der Waals surface area contributed by atoms with Crippen LogP contribution >= 0.6 is 12.4 Å². The Hall–Kier alpha value is -1.75. The minimum Gasteiger partial charge on any atom is -0.398 e. The van der Waals surface area contributed by atoms with Gasteiger partial charge in [-0.3, -0.25) is 9.59 Å². The fourth-order valence-electron chi connectivity index (χ4n) is 1.31. The second-order valence-corrected chi connectivity index (χ2v) is 4.04. The van der Waals surface area contributed by atoms with Gasteiger partial charge in [-0.05, 0) is 12.1 Å². The molecule has 1 aromatic carbocycles. The van der Waals surface area contributed by atoms with E-state index in [4.69, 9.17) is 5.73 Å². The number of rotatable bonds is 3. The molecule has 0 aliphatic rings. The Bertz CT molecular complexity index is 435. The first-order valence-electron chi connectivity index (χ1n) is 5.23. The number of nitrogens with zero attached hydrogens (tertiary/aromatic N) is 2. The summed E-state index contributed by atoms with van der Waals surface area (Å²) >= 11 is 0. The zero-order chi connectivity index (χ0) is 13.0. The Morgan fingerprint density at radius 3 is 2.22 bits per heavy atom. The lowest BCUT2D eigenvalue weighted by Crippen LogP contribution is -2.38. The summed E-state index contributed by atoms with van der Waals surface area (Å²) in [6.07, 6.45) is 0. The van der Waals surface area contributed by atoms with Gasteiger partial charge in [0.05, 0.1) is 12.1 Å². The van der Waals surface area contributed by atoms with E-state index in [2.05, 4.69) is 0 Å². The molecule has 2 N–H and O–H groups in total. The van der Waals surface area contributed by atoms with E-state index < -0.39 is 0 Å². The first-order valence-corrected chi connectivity index (χ1v) is 5.23. The average molecular weight is 272 g/mol. The van der Waals surface area contributed by atoms with Crippen LogP contribution in [0.5, 0.6) is 0 Å². The van der Waals surface area contributed by atoms with Gasteiger partial charge in [-0.2, -0.15) is 0 Å². The third-order valence-corrected chi connectivity index (χ3v) is 2.41.